The van der Waals surface area contributed by atoms with Crippen molar-refractivity contribution < 1.29 is 13.9 Å². The molecule has 1 amide bonds. The van der Waals surface area contributed by atoms with Gasteiger partial charge in [0.1, 0.15) is 11.5 Å². The molecular formula is C21H16ClN3O4S. The van der Waals surface area contributed by atoms with Crippen molar-refractivity contribution in [3.8, 4) is 17.0 Å². The van der Waals surface area contributed by atoms with Crippen LogP contribution in [0.4, 0.5) is 5.13 Å². The summed E-state index contributed by atoms with van der Waals surface area (Å²) in [6.45, 7) is 0.243. The Morgan fingerprint density at radius 2 is 2.13 bits per heavy atom. The molecule has 9 heteroatoms. The quantitative estimate of drug-likeness (QED) is 0.475. The number of benzene rings is 1. The van der Waals surface area contributed by atoms with Crippen LogP contribution in [0.3, 0.4) is 0 Å². The molecule has 3 heterocycles. The highest BCUT2D eigenvalue weighted by Crippen LogP contribution is 2.31. The van der Waals surface area contributed by atoms with Gasteiger partial charge in [-0.25, -0.2) is 4.98 Å². The standard InChI is InChI=1S/C21H16ClN3O4S/c1-28-17-7-5-13(10-15(17)22)16-12-30-21(23-16)24-20(27)18-8-6-14(29-18)11-25-9-3-2-4-19(25)26/h2-10,12H,11H2,1H3,(H,23,24,27). The Hall–Kier alpha value is -3.36. The summed E-state index contributed by atoms with van der Waals surface area (Å²) in [5, 5.41) is 5.46. The van der Waals surface area contributed by atoms with E-state index in [9.17, 15) is 9.59 Å². The van der Waals surface area contributed by atoms with E-state index in [1.807, 2.05) is 11.4 Å². The van der Waals surface area contributed by atoms with Crippen molar-refractivity contribution in [1.29, 1.82) is 0 Å². The molecule has 0 fully saturated rings. The molecule has 0 aliphatic carbocycles. The molecule has 0 saturated heterocycles. The Balaban J connectivity index is 1.45. The molecule has 0 spiro atoms. The fourth-order valence-corrected chi connectivity index (χ4v) is 3.76. The summed E-state index contributed by atoms with van der Waals surface area (Å²) in [6, 6.07) is 13.5. The van der Waals surface area contributed by atoms with Crippen LogP contribution in [0.5, 0.6) is 5.75 Å². The summed E-state index contributed by atoms with van der Waals surface area (Å²) < 4.78 is 12.2. The van der Waals surface area contributed by atoms with Gasteiger partial charge in [0, 0.05) is 23.2 Å². The molecule has 0 atom stereocenters. The third kappa shape index (κ3) is 4.29. The highest BCUT2D eigenvalue weighted by Gasteiger charge is 2.15. The minimum atomic E-state index is -0.421. The van der Waals surface area contributed by atoms with Crippen molar-refractivity contribution in [2.75, 3.05) is 12.4 Å². The minimum absolute atomic E-state index is 0.137. The first-order valence-electron chi connectivity index (χ1n) is 8.88. The monoisotopic (exact) mass is 441 g/mol. The van der Waals surface area contributed by atoms with Gasteiger partial charge in [0.05, 0.1) is 24.4 Å². The number of ether oxygens (including phenoxy) is 1. The molecule has 4 aromatic rings. The van der Waals surface area contributed by atoms with Crippen molar-refractivity contribution in [2.24, 2.45) is 0 Å². The molecular weight excluding hydrogens is 426 g/mol. The van der Waals surface area contributed by atoms with Crippen molar-refractivity contribution in [1.82, 2.24) is 9.55 Å². The van der Waals surface area contributed by atoms with Gasteiger partial charge in [-0.05, 0) is 36.4 Å². The Morgan fingerprint density at radius 3 is 2.90 bits per heavy atom. The number of carbonyl (C=O) groups is 1. The van der Waals surface area contributed by atoms with Crippen molar-refractivity contribution >= 4 is 34.0 Å². The van der Waals surface area contributed by atoms with Crippen LogP contribution < -0.4 is 15.6 Å². The maximum Gasteiger partial charge on any atom is 0.293 e. The number of amides is 1. The highest BCUT2D eigenvalue weighted by molar-refractivity contribution is 7.14. The van der Waals surface area contributed by atoms with Crippen LogP contribution in [0.1, 0.15) is 16.3 Å². The summed E-state index contributed by atoms with van der Waals surface area (Å²) in [6.07, 6.45) is 1.66. The van der Waals surface area contributed by atoms with E-state index in [1.54, 1.807) is 49.7 Å². The molecule has 152 valence electrons. The molecule has 0 radical (unpaired) electrons. The molecule has 0 aliphatic rings. The number of pyridine rings is 1. The van der Waals surface area contributed by atoms with E-state index in [0.29, 0.717) is 27.4 Å². The summed E-state index contributed by atoms with van der Waals surface area (Å²) in [5.74, 6) is 0.797. The van der Waals surface area contributed by atoms with Crippen LogP contribution in [0.25, 0.3) is 11.3 Å². The number of carbonyl (C=O) groups excluding carboxylic acids is 1. The zero-order valence-electron chi connectivity index (χ0n) is 15.8. The molecule has 0 bridgehead atoms. The Morgan fingerprint density at radius 1 is 1.27 bits per heavy atom. The number of thiazole rings is 1. The average Bonchev–Trinajstić information content (AvgIpc) is 3.39. The van der Waals surface area contributed by atoms with Crippen LogP contribution in [0.2, 0.25) is 5.02 Å². The number of anilines is 1. The fourth-order valence-electron chi connectivity index (χ4n) is 2.79. The van der Waals surface area contributed by atoms with Crippen LogP contribution in [-0.4, -0.2) is 22.6 Å². The second-order valence-corrected chi connectivity index (χ2v) is 7.54. The summed E-state index contributed by atoms with van der Waals surface area (Å²) in [7, 11) is 1.55. The molecule has 1 aromatic carbocycles. The summed E-state index contributed by atoms with van der Waals surface area (Å²) in [4.78, 5) is 28.7. The second kappa shape index (κ2) is 8.56. The van der Waals surface area contributed by atoms with E-state index in [2.05, 4.69) is 10.3 Å². The summed E-state index contributed by atoms with van der Waals surface area (Å²) >= 11 is 7.46. The predicted molar refractivity (Wildman–Crippen MR) is 116 cm³/mol. The summed E-state index contributed by atoms with van der Waals surface area (Å²) in [5.41, 5.74) is 1.35. The van der Waals surface area contributed by atoms with Crippen molar-refractivity contribution in [2.45, 2.75) is 6.54 Å². The SMILES string of the molecule is COc1ccc(-c2csc(NC(=O)c3ccc(Cn4ccccc4=O)o3)n2)cc1Cl. The lowest BCUT2D eigenvalue weighted by Gasteiger charge is -2.04. The van der Waals surface area contributed by atoms with Crippen LogP contribution in [-0.2, 0) is 6.54 Å². The first-order chi connectivity index (χ1) is 14.5. The van der Waals surface area contributed by atoms with Crippen LogP contribution in [0.15, 0.2) is 69.3 Å². The van der Waals surface area contributed by atoms with Gasteiger partial charge >= 0.3 is 0 Å². The third-order valence-electron chi connectivity index (χ3n) is 4.28. The average molecular weight is 442 g/mol. The highest BCUT2D eigenvalue weighted by atomic mass is 35.5. The maximum absolute atomic E-state index is 12.5. The van der Waals surface area contributed by atoms with Gasteiger partial charge in [-0.2, -0.15) is 0 Å². The van der Waals surface area contributed by atoms with Crippen molar-refractivity contribution in [3.05, 3.63) is 87.0 Å². The predicted octanol–water partition coefficient (Wildman–Crippen LogP) is 4.53. The molecule has 7 nitrogen and oxygen atoms in total. The van der Waals surface area contributed by atoms with E-state index in [4.69, 9.17) is 20.8 Å². The maximum atomic E-state index is 12.5. The molecule has 1 N–H and O–H groups in total. The minimum Gasteiger partial charge on any atom is -0.495 e. The van der Waals surface area contributed by atoms with E-state index in [0.717, 1.165) is 5.56 Å². The second-order valence-electron chi connectivity index (χ2n) is 6.27. The lowest BCUT2D eigenvalue weighted by atomic mass is 10.2. The van der Waals surface area contributed by atoms with Crippen LogP contribution in [0, 0.1) is 0 Å². The van der Waals surface area contributed by atoms with Crippen LogP contribution >= 0.6 is 22.9 Å². The van der Waals surface area contributed by atoms with Gasteiger partial charge in [0.2, 0.25) is 0 Å². The number of nitrogens with one attached hydrogen (secondary N) is 1. The largest absolute Gasteiger partial charge is 0.495 e. The van der Waals surface area contributed by atoms with E-state index in [1.165, 1.54) is 22.0 Å². The lowest BCUT2D eigenvalue weighted by Crippen LogP contribution is -2.18. The van der Waals surface area contributed by atoms with E-state index >= 15 is 0 Å². The number of aromatic nitrogens is 2. The Labute approximate surface area is 180 Å². The van der Waals surface area contributed by atoms with Gasteiger partial charge in [0.25, 0.3) is 11.5 Å². The Bertz CT molecular complexity index is 1260. The van der Waals surface area contributed by atoms with Gasteiger partial charge in [-0.3, -0.25) is 14.9 Å². The first kappa shape index (κ1) is 19.9. The third-order valence-corrected chi connectivity index (χ3v) is 5.34. The molecule has 0 aliphatic heterocycles. The fraction of sp³-hybridized carbons (Fsp3) is 0.0952. The normalized spacial score (nSPS) is 10.7. The molecule has 4 rings (SSSR count). The number of hydrogen-bond donors (Lipinski definition) is 1. The smallest absolute Gasteiger partial charge is 0.293 e. The number of furan rings is 1. The number of rotatable bonds is 6. The Kier molecular flexibility index (Phi) is 5.69. The zero-order valence-corrected chi connectivity index (χ0v) is 17.4. The number of halogens is 1. The van der Waals surface area contributed by atoms with Gasteiger partial charge in [-0.15, -0.1) is 11.3 Å². The zero-order chi connectivity index (χ0) is 21.1. The molecule has 3 aromatic heterocycles. The number of hydrogen-bond acceptors (Lipinski definition) is 6. The van der Waals surface area contributed by atoms with Gasteiger partial charge in [0.15, 0.2) is 10.9 Å². The molecule has 0 unspecified atom stereocenters. The van der Waals surface area contributed by atoms with Gasteiger partial charge < -0.3 is 13.7 Å². The number of nitrogens with zero attached hydrogens (tertiary/aromatic N) is 2. The van der Waals surface area contributed by atoms with E-state index < -0.39 is 5.91 Å². The first-order valence-corrected chi connectivity index (χ1v) is 10.1. The topological polar surface area (TPSA) is 86.4 Å². The lowest BCUT2D eigenvalue weighted by molar-refractivity contribution is 0.0994. The molecule has 0 saturated carbocycles. The van der Waals surface area contributed by atoms with Crippen molar-refractivity contribution in [3.63, 3.8) is 0 Å². The number of methoxy groups -OCH3 is 1. The van der Waals surface area contributed by atoms with E-state index in [-0.39, 0.29) is 17.9 Å². The molecule has 30 heavy (non-hydrogen) atoms. The van der Waals surface area contributed by atoms with Gasteiger partial charge in [-0.1, -0.05) is 17.7 Å².